The standard InChI is InChI=1S/C11H20N2O4/c1-4-8-7-13(5-6-17-8)10(16)12-11(2,3)9(14)15/h8H,4-7H2,1-3H3,(H,12,16)(H,14,15). The quantitative estimate of drug-likeness (QED) is 0.764. The van der Waals surface area contributed by atoms with E-state index in [0.717, 1.165) is 6.42 Å². The van der Waals surface area contributed by atoms with E-state index in [9.17, 15) is 9.59 Å². The van der Waals surface area contributed by atoms with Gasteiger partial charge in [0.25, 0.3) is 0 Å². The summed E-state index contributed by atoms with van der Waals surface area (Å²) in [6.45, 7) is 6.43. The second-order valence-corrected chi connectivity index (χ2v) is 4.71. The van der Waals surface area contributed by atoms with E-state index in [0.29, 0.717) is 19.7 Å². The maximum absolute atomic E-state index is 11.9. The summed E-state index contributed by atoms with van der Waals surface area (Å²) in [7, 11) is 0. The molecule has 1 unspecified atom stereocenters. The monoisotopic (exact) mass is 244 g/mol. The summed E-state index contributed by atoms with van der Waals surface area (Å²) in [5, 5.41) is 11.4. The predicted octanol–water partition coefficient (Wildman–Crippen LogP) is 0.670. The fourth-order valence-corrected chi connectivity index (χ4v) is 1.55. The van der Waals surface area contributed by atoms with Crippen molar-refractivity contribution in [1.29, 1.82) is 0 Å². The Kier molecular flexibility index (Phi) is 4.34. The zero-order valence-corrected chi connectivity index (χ0v) is 10.5. The van der Waals surface area contributed by atoms with Gasteiger partial charge in [-0.2, -0.15) is 0 Å². The first-order chi connectivity index (χ1) is 7.86. The molecule has 1 atom stereocenters. The number of carboxylic acid groups (broad SMARTS) is 1. The Morgan fingerprint density at radius 2 is 2.18 bits per heavy atom. The van der Waals surface area contributed by atoms with Crippen LogP contribution in [-0.4, -0.2) is 53.3 Å². The number of carboxylic acids is 1. The number of rotatable bonds is 3. The van der Waals surface area contributed by atoms with Crippen LogP contribution in [0.25, 0.3) is 0 Å². The van der Waals surface area contributed by atoms with Gasteiger partial charge in [-0.3, -0.25) is 0 Å². The number of nitrogens with zero attached hydrogens (tertiary/aromatic N) is 1. The van der Waals surface area contributed by atoms with Gasteiger partial charge in [0, 0.05) is 13.1 Å². The summed E-state index contributed by atoms with van der Waals surface area (Å²) < 4.78 is 5.45. The molecule has 98 valence electrons. The molecule has 1 heterocycles. The topological polar surface area (TPSA) is 78.9 Å². The largest absolute Gasteiger partial charge is 0.480 e. The normalized spacial score (nSPS) is 21.1. The van der Waals surface area contributed by atoms with Crippen molar-refractivity contribution in [2.24, 2.45) is 0 Å². The average Bonchev–Trinajstić information content (AvgIpc) is 2.28. The SMILES string of the molecule is CCC1CN(C(=O)NC(C)(C)C(=O)O)CCO1. The number of morpholine rings is 1. The van der Waals surface area contributed by atoms with Gasteiger partial charge in [-0.25, -0.2) is 9.59 Å². The molecule has 0 aromatic carbocycles. The Labute approximate surface area is 101 Å². The number of nitrogens with one attached hydrogen (secondary N) is 1. The summed E-state index contributed by atoms with van der Waals surface area (Å²) in [6.07, 6.45) is 0.883. The summed E-state index contributed by atoms with van der Waals surface area (Å²) in [6, 6.07) is -0.348. The first-order valence-electron chi connectivity index (χ1n) is 5.79. The van der Waals surface area contributed by atoms with E-state index in [1.165, 1.54) is 13.8 Å². The number of carbonyl (C=O) groups is 2. The van der Waals surface area contributed by atoms with Crippen LogP contribution in [0.5, 0.6) is 0 Å². The third kappa shape index (κ3) is 3.59. The molecule has 1 fully saturated rings. The summed E-state index contributed by atoms with van der Waals surface area (Å²) in [5.74, 6) is -1.05. The van der Waals surface area contributed by atoms with Crippen LogP contribution < -0.4 is 5.32 Å². The van der Waals surface area contributed by atoms with Gasteiger partial charge in [0.1, 0.15) is 5.54 Å². The highest BCUT2D eigenvalue weighted by atomic mass is 16.5. The van der Waals surface area contributed by atoms with Crippen LogP contribution in [0.2, 0.25) is 0 Å². The molecule has 0 bridgehead atoms. The lowest BCUT2D eigenvalue weighted by Gasteiger charge is -2.34. The third-order valence-corrected chi connectivity index (χ3v) is 2.84. The molecule has 17 heavy (non-hydrogen) atoms. The highest BCUT2D eigenvalue weighted by molar-refractivity contribution is 5.85. The second kappa shape index (κ2) is 5.35. The number of carbonyl (C=O) groups excluding carboxylic acids is 1. The molecule has 1 rings (SSSR count). The van der Waals surface area contributed by atoms with Gasteiger partial charge in [-0.15, -0.1) is 0 Å². The number of ether oxygens (including phenoxy) is 1. The van der Waals surface area contributed by atoms with Gasteiger partial charge < -0.3 is 20.1 Å². The molecule has 6 nitrogen and oxygen atoms in total. The molecular weight excluding hydrogens is 224 g/mol. The molecule has 6 heteroatoms. The van der Waals surface area contributed by atoms with Crippen molar-refractivity contribution in [1.82, 2.24) is 10.2 Å². The maximum atomic E-state index is 11.9. The number of hydrogen-bond donors (Lipinski definition) is 2. The number of hydrogen-bond acceptors (Lipinski definition) is 3. The molecule has 1 aliphatic rings. The van der Waals surface area contributed by atoms with Crippen LogP contribution >= 0.6 is 0 Å². The Bertz CT molecular complexity index is 304. The molecule has 0 saturated carbocycles. The van der Waals surface area contributed by atoms with Crippen molar-refractivity contribution in [2.75, 3.05) is 19.7 Å². The molecule has 0 aromatic rings. The van der Waals surface area contributed by atoms with Crippen molar-refractivity contribution >= 4 is 12.0 Å². The van der Waals surface area contributed by atoms with E-state index < -0.39 is 11.5 Å². The first kappa shape index (κ1) is 13.8. The minimum Gasteiger partial charge on any atom is -0.480 e. The Morgan fingerprint density at radius 1 is 1.53 bits per heavy atom. The molecule has 2 amide bonds. The average molecular weight is 244 g/mol. The van der Waals surface area contributed by atoms with E-state index >= 15 is 0 Å². The van der Waals surface area contributed by atoms with Gasteiger partial charge in [-0.05, 0) is 20.3 Å². The van der Waals surface area contributed by atoms with Crippen molar-refractivity contribution in [3.63, 3.8) is 0 Å². The van der Waals surface area contributed by atoms with Crippen LogP contribution in [0.3, 0.4) is 0 Å². The Morgan fingerprint density at radius 3 is 2.71 bits per heavy atom. The maximum Gasteiger partial charge on any atom is 0.328 e. The van der Waals surface area contributed by atoms with Crippen LogP contribution in [0.15, 0.2) is 0 Å². The molecule has 2 N–H and O–H groups in total. The van der Waals surface area contributed by atoms with Gasteiger partial charge in [0.05, 0.1) is 12.7 Å². The van der Waals surface area contributed by atoms with Crippen LogP contribution in [0.4, 0.5) is 4.79 Å². The smallest absolute Gasteiger partial charge is 0.328 e. The van der Waals surface area contributed by atoms with Crippen LogP contribution in [0, 0.1) is 0 Å². The first-order valence-corrected chi connectivity index (χ1v) is 5.79. The van der Waals surface area contributed by atoms with Crippen molar-refractivity contribution in [2.45, 2.75) is 38.8 Å². The predicted molar refractivity (Wildman–Crippen MR) is 61.9 cm³/mol. The van der Waals surface area contributed by atoms with Gasteiger partial charge in [-0.1, -0.05) is 6.92 Å². The minimum atomic E-state index is -1.25. The Hall–Kier alpha value is -1.30. The molecule has 0 aromatic heterocycles. The third-order valence-electron chi connectivity index (χ3n) is 2.84. The van der Waals surface area contributed by atoms with Crippen LogP contribution in [-0.2, 0) is 9.53 Å². The van der Waals surface area contributed by atoms with Gasteiger partial charge in [0.15, 0.2) is 0 Å². The van der Waals surface area contributed by atoms with Gasteiger partial charge >= 0.3 is 12.0 Å². The molecule has 1 aliphatic heterocycles. The highest BCUT2D eigenvalue weighted by Gasteiger charge is 2.32. The number of amides is 2. The van der Waals surface area contributed by atoms with E-state index in [1.807, 2.05) is 6.92 Å². The van der Waals surface area contributed by atoms with E-state index in [2.05, 4.69) is 5.32 Å². The van der Waals surface area contributed by atoms with Crippen molar-refractivity contribution < 1.29 is 19.4 Å². The summed E-state index contributed by atoms with van der Waals surface area (Å²) >= 11 is 0. The lowest BCUT2D eigenvalue weighted by molar-refractivity contribution is -0.143. The highest BCUT2D eigenvalue weighted by Crippen LogP contribution is 2.10. The number of urea groups is 1. The zero-order chi connectivity index (χ0) is 13.1. The Balaban J connectivity index is 2.55. The molecule has 0 aliphatic carbocycles. The number of aliphatic carboxylic acids is 1. The molecule has 1 saturated heterocycles. The van der Waals surface area contributed by atoms with E-state index in [-0.39, 0.29) is 12.1 Å². The van der Waals surface area contributed by atoms with Crippen molar-refractivity contribution in [3.8, 4) is 0 Å². The van der Waals surface area contributed by atoms with Gasteiger partial charge in [0.2, 0.25) is 0 Å². The lowest BCUT2D eigenvalue weighted by Crippen LogP contribution is -2.57. The van der Waals surface area contributed by atoms with E-state index in [1.54, 1.807) is 4.90 Å². The lowest BCUT2D eigenvalue weighted by atomic mass is 10.1. The second-order valence-electron chi connectivity index (χ2n) is 4.71. The molecule has 0 spiro atoms. The minimum absolute atomic E-state index is 0.0439. The summed E-state index contributed by atoms with van der Waals surface area (Å²) in [5.41, 5.74) is -1.25. The summed E-state index contributed by atoms with van der Waals surface area (Å²) in [4.78, 5) is 24.4. The van der Waals surface area contributed by atoms with Crippen LogP contribution in [0.1, 0.15) is 27.2 Å². The zero-order valence-electron chi connectivity index (χ0n) is 10.5. The fraction of sp³-hybridized carbons (Fsp3) is 0.818. The van der Waals surface area contributed by atoms with E-state index in [4.69, 9.17) is 9.84 Å². The van der Waals surface area contributed by atoms with Crippen molar-refractivity contribution in [3.05, 3.63) is 0 Å². The molecular formula is C11H20N2O4. The molecule has 0 radical (unpaired) electrons. The fourth-order valence-electron chi connectivity index (χ4n) is 1.55.